The lowest BCUT2D eigenvalue weighted by Gasteiger charge is -2.32. The van der Waals surface area contributed by atoms with Gasteiger partial charge in [0.25, 0.3) is 0 Å². The smallest absolute Gasteiger partial charge is 0.356 e. The van der Waals surface area contributed by atoms with Crippen LogP contribution in [0.1, 0.15) is 60.7 Å². The van der Waals surface area contributed by atoms with Gasteiger partial charge in [-0.3, -0.25) is 4.68 Å². The van der Waals surface area contributed by atoms with Crippen molar-refractivity contribution < 1.29 is 14.6 Å². The zero-order valence-electron chi connectivity index (χ0n) is 12.5. The Morgan fingerprint density at radius 3 is 2.95 bits per heavy atom. The summed E-state index contributed by atoms with van der Waals surface area (Å²) in [5, 5.41) is 16.8. The summed E-state index contributed by atoms with van der Waals surface area (Å²) >= 11 is 0. The number of rotatable bonds is 5. The number of carboxylic acids is 1. The second-order valence-electron chi connectivity index (χ2n) is 6.15. The van der Waals surface area contributed by atoms with Crippen LogP contribution in [0, 0.1) is 0 Å². The summed E-state index contributed by atoms with van der Waals surface area (Å²) < 4.78 is 7.57. The van der Waals surface area contributed by atoms with Crippen LogP contribution in [0.3, 0.4) is 0 Å². The van der Waals surface area contributed by atoms with Crippen molar-refractivity contribution in [1.29, 1.82) is 0 Å². The van der Waals surface area contributed by atoms with Crippen LogP contribution >= 0.6 is 0 Å². The minimum Gasteiger partial charge on any atom is -0.476 e. The summed E-state index contributed by atoms with van der Waals surface area (Å²) in [4.78, 5) is 11.1. The molecule has 6 nitrogen and oxygen atoms in total. The molecule has 2 heterocycles. The molecule has 0 radical (unpaired) electrons. The van der Waals surface area contributed by atoms with Gasteiger partial charge in [-0.25, -0.2) is 4.79 Å². The first-order valence-corrected chi connectivity index (χ1v) is 7.73. The molecule has 2 N–H and O–H groups in total. The minimum atomic E-state index is -0.959. The molecule has 0 spiro atoms. The third-order valence-corrected chi connectivity index (χ3v) is 4.87. The summed E-state index contributed by atoms with van der Waals surface area (Å²) in [6.45, 7) is 1.62. The van der Waals surface area contributed by atoms with Crippen molar-refractivity contribution in [3.05, 3.63) is 17.5 Å². The molecule has 1 unspecified atom stereocenters. The van der Waals surface area contributed by atoms with Gasteiger partial charge in [-0.1, -0.05) is 12.8 Å². The van der Waals surface area contributed by atoms with Gasteiger partial charge in [0.2, 0.25) is 0 Å². The maximum atomic E-state index is 11.1. The number of hydrogen-bond donors (Lipinski definition) is 2. The highest BCUT2D eigenvalue weighted by atomic mass is 16.5. The van der Waals surface area contributed by atoms with Crippen molar-refractivity contribution in [2.24, 2.45) is 0 Å². The van der Waals surface area contributed by atoms with Crippen molar-refractivity contribution in [3.8, 4) is 0 Å². The van der Waals surface area contributed by atoms with Crippen LogP contribution in [0.5, 0.6) is 0 Å². The molecule has 0 aromatic carbocycles. The number of aromatic nitrogens is 2. The van der Waals surface area contributed by atoms with Gasteiger partial charge in [-0.05, 0) is 31.7 Å². The van der Waals surface area contributed by atoms with Gasteiger partial charge in [0.15, 0.2) is 5.69 Å². The largest absolute Gasteiger partial charge is 0.476 e. The van der Waals surface area contributed by atoms with Crippen molar-refractivity contribution in [1.82, 2.24) is 15.1 Å². The quantitative estimate of drug-likeness (QED) is 0.868. The molecule has 3 rings (SSSR count). The van der Waals surface area contributed by atoms with E-state index in [2.05, 4.69) is 10.4 Å². The monoisotopic (exact) mass is 293 g/mol. The van der Waals surface area contributed by atoms with E-state index in [0.717, 1.165) is 44.5 Å². The van der Waals surface area contributed by atoms with E-state index in [1.54, 1.807) is 13.2 Å². The van der Waals surface area contributed by atoms with Crippen molar-refractivity contribution >= 4 is 5.97 Å². The second-order valence-corrected chi connectivity index (χ2v) is 6.15. The lowest BCUT2D eigenvalue weighted by Crippen LogP contribution is -2.42. The van der Waals surface area contributed by atoms with Gasteiger partial charge in [-0.15, -0.1) is 0 Å². The summed E-state index contributed by atoms with van der Waals surface area (Å²) in [6.07, 6.45) is 6.68. The first-order valence-electron chi connectivity index (χ1n) is 7.73. The third kappa shape index (κ3) is 2.82. The summed E-state index contributed by atoms with van der Waals surface area (Å²) in [5.74, 6) is -0.959. The number of carbonyl (C=O) groups is 1. The fraction of sp³-hybridized carbons (Fsp3) is 0.733. The Bertz CT molecular complexity index is 520. The predicted molar refractivity (Wildman–Crippen MR) is 77.4 cm³/mol. The van der Waals surface area contributed by atoms with Gasteiger partial charge >= 0.3 is 5.97 Å². The van der Waals surface area contributed by atoms with Gasteiger partial charge < -0.3 is 15.2 Å². The van der Waals surface area contributed by atoms with Crippen LogP contribution in [-0.2, 0) is 11.3 Å². The molecule has 0 bridgehead atoms. The van der Waals surface area contributed by atoms with Crippen LogP contribution in [0.25, 0.3) is 0 Å². The maximum Gasteiger partial charge on any atom is 0.356 e. The molecule has 6 heteroatoms. The van der Waals surface area contributed by atoms with E-state index in [4.69, 9.17) is 9.84 Å². The van der Waals surface area contributed by atoms with E-state index in [9.17, 15) is 4.79 Å². The number of ether oxygens (including phenoxy) is 1. The van der Waals surface area contributed by atoms with Crippen LogP contribution in [0.15, 0.2) is 6.07 Å². The zero-order valence-corrected chi connectivity index (χ0v) is 12.5. The number of methoxy groups -OCH3 is 1. The molecular weight excluding hydrogens is 270 g/mol. The molecular formula is C15H23N3O3. The first-order chi connectivity index (χ1) is 10.1. The minimum absolute atomic E-state index is 0.0437. The maximum absolute atomic E-state index is 11.1. The normalized spacial score (nSPS) is 24.0. The Balaban J connectivity index is 1.71. The fourth-order valence-corrected chi connectivity index (χ4v) is 3.58. The molecule has 0 amide bonds. The molecule has 1 aromatic rings. The number of hydrogen-bond acceptors (Lipinski definition) is 4. The van der Waals surface area contributed by atoms with Crippen LogP contribution in [-0.4, -0.2) is 40.1 Å². The average molecular weight is 293 g/mol. The molecule has 1 saturated carbocycles. The topological polar surface area (TPSA) is 76.4 Å². The van der Waals surface area contributed by atoms with E-state index in [1.165, 1.54) is 12.8 Å². The SMILES string of the molecule is COC1(CNC2CCCn3nc(C(=O)O)cc32)CCCC1. The average Bonchev–Trinajstić information content (AvgIpc) is 3.12. The van der Waals surface area contributed by atoms with E-state index in [0.29, 0.717) is 0 Å². The predicted octanol–water partition coefficient (Wildman–Crippen LogP) is 1.96. The van der Waals surface area contributed by atoms with Crippen LogP contribution in [0.4, 0.5) is 0 Å². The lowest BCUT2D eigenvalue weighted by molar-refractivity contribution is -0.00603. The fourth-order valence-electron chi connectivity index (χ4n) is 3.58. The second kappa shape index (κ2) is 5.77. The molecule has 1 aliphatic carbocycles. The van der Waals surface area contributed by atoms with E-state index in [-0.39, 0.29) is 17.3 Å². The molecule has 1 aliphatic heterocycles. The van der Waals surface area contributed by atoms with Gasteiger partial charge in [0, 0.05) is 26.2 Å². The molecule has 116 valence electrons. The number of carboxylic acid groups (broad SMARTS) is 1. The number of aromatic carboxylic acids is 1. The highest BCUT2D eigenvalue weighted by molar-refractivity contribution is 5.85. The Morgan fingerprint density at radius 2 is 2.29 bits per heavy atom. The number of fused-ring (bicyclic) bond motifs is 1. The van der Waals surface area contributed by atoms with Crippen molar-refractivity contribution in [2.45, 2.75) is 56.7 Å². The van der Waals surface area contributed by atoms with E-state index >= 15 is 0 Å². The first kappa shape index (κ1) is 14.5. The van der Waals surface area contributed by atoms with Crippen molar-refractivity contribution in [3.63, 3.8) is 0 Å². The molecule has 21 heavy (non-hydrogen) atoms. The third-order valence-electron chi connectivity index (χ3n) is 4.87. The number of nitrogens with one attached hydrogen (secondary N) is 1. The lowest BCUT2D eigenvalue weighted by atomic mass is 9.99. The van der Waals surface area contributed by atoms with E-state index in [1.807, 2.05) is 4.68 Å². The summed E-state index contributed by atoms with van der Waals surface area (Å²) in [7, 11) is 1.79. The number of nitrogens with zero attached hydrogens (tertiary/aromatic N) is 2. The number of aryl methyl sites for hydroxylation is 1. The van der Waals surface area contributed by atoms with Crippen LogP contribution in [0.2, 0.25) is 0 Å². The van der Waals surface area contributed by atoms with Gasteiger partial charge in [0.05, 0.1) is 11.3 Å². The standard InChI is InChI=1S/C15H23N3O3/c1-21-15(6-2-3-7-15)10-16-11-5-4-8-18-13(11)9-12(17-18)14(19)20/h9,11,16H,2-8,10H2,1H3,(H,19,20). The summed E-state index contributed by atoms with van der Waals surface area (Å²) in [6, 6.07) is 1.87. The molecule has 1 fully saturated rings. The van der Waals surface area contributed by atoms with Crippen LogP contribution < -0.4 is 5.32 Å². The van der Waals surface area contributed by atoms with Gasteiger partial charge in [0.1, 0.15) is 0 Å². The Kier molecular flexibility index (Phi) is 3.99. The highest BCUT2D eigenvalue weighted by Gasteiger charge is 2.35. The Morgan fingerprint density at radius 1 is 1.52 bits per heavy atom. The zero-order chi connectivity index (χ0) is 14.9. The van der Waals surface area contributed by atoms with Crippen molar-refractivity contribution in [2.75, 3.05) is 13.7 Å². The molecule has 1 atom stereocenters. The Labute approximate surface area is 124 Å². The molecule has 0 saturated heterocycles. The summed E-state index contributed by atoms with van der Waals surface area (Å²) in [5.41, 5.74) is 1.08. The molecule has 2 aliphatic rings. The van der Waals surface area contributed by atoms with E-state index < -0.39 is 5.97 Å². The Hall–Kier alpha value is -1.40. The van der Waals surface area contributed by atoms with Gasteiger partial charge in [-0.2, -0.15) is 5.10 Å². The molecule has 1 aromatic heterocycles. The highest BCUT2D eigenvalue weighted by Crippen LogP contribution is 2.33.